The summed E-state index contributed by atoms with van der Waals surface area (Å²) in [5, 5.41) is 6.04. The van der Waals surface area contributed by atoms with E-state index in [2.05, 4.69) is 20.2 Å². The number of ether oxygens (including phenoxy) is 1. The zero-order valence-corrected chi connectivity index (χ0v) is 18.0. The van der Waals surface area contributed by atoms with Gasteiger partial charge in [0.15, 0.2) is 0 Å². The number of nitrogens with zero attached hydrogens (tertiary/aromatic N) is 3. The van der Waals surface area contributed by atoms with Gasteiger partial charge in [0.1, 0.15) is 18.2 Å². The molecular weight excluding hydrogens is 396 g/mol. The molecule has 2 aromatic heterocycles. The third kappa shape index (κ3) is 5.16. The average molecular weight is 423 g/mol. The molecule has 1 N–H and O–H groups in total. The number of benzene rings is 1. The number of nitrogens with one attached hydrogen (secondary N) is 1. The Morgan fingerprint density at radius 3 is 2.70 bits per heavy atom. The number of aromatic nitrogens is 2. The number of pyridine rings is 1. The van der Waals surface area contributed by atoms with Crippen molar-refractivity contribution in [1.29, 1.82) is 0 Å². The first-order chi connectivity index (χ1) is 14.7. The molecule has 4 rings (SSSR count). The van der Waals surface area contributed by atoms with Crippen molar-refractivity contribution < 1.29 is 9.53 Å². The normalized spacial score (nSPS) is 13.8. The number of rotatable bonds is 7. The third-order valence-electron chi connectivity index (χ3n) is 5.13. The Morgan fingerprint density at radius 1 is 1.17 bits per heavy atom. The molecule has 156 valence electrons. The molecule has 0 radical (unpaired) electrons. The van der Waals surface area contributed by atoms with Gasteiger partial charge in [-0.2, -0.15) is 0 Å². The molecule has 7 heteroatoms. The van der Waals surface area contributed by atoms with Crippen LogP contribution in [0.4, 0.5) is 5.82 Å². The lowest BCUT2D eigenvalue weighted by atomic mass is 10.1. The Labute approximate surface area is 180 Å². The number of carbonyl (C=O) groups is 1. The summed E-state index contributed by atoms with van der Waals surface area (Å²) in [7, 11) is 0. The summed E-state index contributed by atoms with van der Waals surface area (Å²) in [5.74, 6) is 1.60. The van der Waals surface area contributed by atoms with Gasteiger partial charge in [0.2, 0.25) is 0 Å². The number of piperidine rings is 1. The standard InChI is InChI=1S/C23H26N4O2S/c1-17-26-20(16-30-17)15-29-21-9-7-18(8-10-21)23(28)25-14-19-6-5-11-24-22(19)27-12-3-2-4-13-27/h5-11,16H,2-4,12-15H2,1H3,(H,25,28). The van der Waals surface area contributed by atoms with Crippen LogP contribution in [0.25, 0.3) is 0 Å². The highest BCUT2D eigenvalue weighted by Crippen LogP contribution is 2.22. The summed E-state index contributed by atoms with van der Waals surface area (Å²) >= 11 is 1.61. The second kappa shape index (κ2) is 9.71. The fraction of sp³-hybridized carbons (Fsp3) is 0.348. The van der Waals surface area contributed by atoms with E-state index in [4.69, 9.17) is 4.74 Å². The average Bonchev–Trinajstić information content (AvgIpc) is 3.22. The van der Waals surface area contributed by atoms with Gasteiger partial charge in [-0.25, -0.2) is 9.97 Å². The van der Waals surface area contributed by atoms with E-state index in [-0.39, 0.29) is 5.91 Å². The minimum Gasteiger partial charge on any atom is -0.487 e. The zero-order chi connectivity index (χ0) is 20.8. The maximum Gasteiger partial charge on any atom is 0.251 e. The number of thiazole rings is 1. The monoisotopic (exact) mass is 422 g/mol. The molecule has 3 aromatic rings. The first-order valence-corrected chi connectivity index (χ1v) is 11.2. The quantitative estimate of drug-likeness (QED) is 0.613. The molecule has 1 saturated heterocycles. The van der Waals surface area contributed by atoms with Gasteiger partial charge < -0.3 is 15.0 Å². The van der Waals surface area contributed by atoms with Crippen molar-refractivity contribution >= 4 is 23.1 Å². The highest BCUT2D eigenvalue weighted by atomic mass is 32.1. The summed E-state index contributed by atoms with van der Waals surface area (Å²) in [6.07, 6.45) is 5.48. The maximum atomic E-state index is 12.6. The van der Waals surface area contributed by atoms with Crippen molar-refractivity contribution in [3.05, 3.63) is 69.8 Å². The highest BCUT2D eigenvalue weighted by molar-refractivity contribution is 7.09. The number of hydrogen-bond donors (Lipinski definition) is 1. The molecule has 0 atom stereocenters. The van der Waals surface area contributed by atoms with E-state index in [1.807, 2.05) is 42.8 Å². The number of amides is 1. The minimum atomic E-state index is -0.106. The van der Waals surface area contributed by atoms with E-state index >= 15 is 0 Å². The minimum absolute atomic E-state index is 0.106. The second-order valence-electron chi connectivity index (χ2n) is 7.39. The molecule has 0 spiro atoms. The molecular formula is C23H26N4O2S. The van der Waals surface area contributed by atoms with E-state index < -0.39 is 0 Å². The van der Waals surface area contributed by atoms with Crippen LogP contribution in [-0.4, -0.2) is 29.0 Å². The summed E-state index contributed by atoms with van der Waals surface area (Å²) in [6, 6.07) is 11.2. The lowest BCUT2D eigenvalue weighted by molar-refractivity contribution is 0.0951. The van der Waals surface area contributed by atoms with E-state index in [9.17, 15) is 4.79 Å². The lowest BCUT2D eigenvalue weighted by Crippen LogP contribution is -2.32. The SMILES string of the molecule is Cc1nc(COc2ccc(C(=O)NCc3cccnc3N3CCCCC3)cc2)cs1. The van der Waals surface area contributed by atoms with Crippen molar-refractivity contribution in [2.45, 2.75) is 39.3 Å². The van der Waals surface area contributed by atoms with Gasteiger partial charge in [-0.3, -0.25) is 4.79 Å². The predicted molar refractivity (Wildman–Crippen MR) is 119 cm³/mol. The Morgan fingerprint density at radius 2 is 1.97 bits per heavy atom. The molecule has 1 aromatic carbocycles. The van der Waals surface area contributed by atoms with E-state index in [1.54, 1.807) is 23.5 Å². The molecule has 0 aliphatic carbocycles. The van der Waals surface area contributed by atoms with Crippen LogP contribution >= 0.6 is 11.3 Å². The van der Waals surface area contributed by atoms with Gasteiger partial charge in [0.25, 0.3) is 5.91 Å². The van der Waals surface area contributed by atoms with Gasteiger partial charge in [0, 0.05) is 42.3 Å². The highest BCUT2D eigenvalue weighted by Gasteiger charge is 2.16. The van der Waals surface area contributed by atoms with Crippen LogP contribution in [-0.2, 0) is 13.2 Å². The van der Waals surface area contributed by atoms with Crippen LogP contribution < -0.4 is 15.0 Å². The van der Waals surface area contributed by atoms with Crippen LogP contribution in [0.2, 0.25) is 0 Å². The first kappa shape index (κ1) is 20.3. The molecule has 1 fully saturated rings. The van der Waals surface area contributed by atoms with E-state index in [0.717, 1.165) is 40.9 Å². The smallest absolute Gasteiger partial charge is 0.251 e. The fourth-order valence-corrected chi connectivity index (χ4v) is 4.17. The first-order valence-electron chi connectivity index (χ1n) is 10.3. The van der Waals surface area contributed by atoms with Crippen molar-refractivity contribution in [2.24, 2.45) is 0 Å². The molecule has 1 aliphatic heterocycles. The number of carbonyl (C=O) groups excluding carboxylic acids is 1. The molecule has 1 amide bonds. The molecule has 1 aliphatic rings. The molecule has 0 bridgehead atoms. The topological polar surface area (TPSA) is 67.3 Å². The number of hydrogen-bond acceptors (Lipinski definition) is 6. The summed E-state index contributed by atoms with van der Waals surface area (Å²) in [6.45, 7) is 4.92. The summed E-state index contributed by atoms with van der Waals surface area (Å²) in [5.41, 5.74) is 2.57. The Kier molecular flexibility index (Phi) is 6.59. The van der Waals surface area contributed by atoms with E-state index in [0.29, 0.717) is 18.7 Å². The van der Waals surface area contributed by atoms with Crippen molar-refractivity contribution in [2.75, 3.05) is 18.0 Å². The van der Waals surface area contributed by atoms with Crippen LogP contribution in [0.5, 0.6) is 5.75 Å². The van der Waals surface area contributed by atoms with Crippen LogP contribution in [0, 0.1) is 6.92 Å². The predicted octanol–water partition coefficient (Wildman–Crippen LogP) is 4.35. The summed E-state index contributed by atoms with van der Waals surface area (Å²) in [4.78, 5) is 23.9. The van der Waals surface area contributed by atoms with Gasteiger partial charge in [0.05, 0.1) is 10.7 Å². The molecule has 0 unspecified atom stereocenters. The number of anilines is 1. The van der Waals surface area contributed by atoms with Crippen LogP contribution in [0.3, 0.4) is 0 Å². The molecule has 30 heavy (non-hydrogen) atoms. The van der Waals surface area contributed by atoms with Gasteiger partial charge >= 0.3 is 0 Å². The largest absolute Gasteiger partial charge is 0.487 e. The van der Waals surface area contributed by atoms with E-state index in [1.165, 1.54) is 19.3 Å². The van der Waals surface area contributed by atoms with Crippen LogP contribution in [0.15, 0.2) is 48.0 Å². The Balaban J connectivity index is 1.33. The van der Waals surface area contributed by atoms with Crippen molar-refractivity contribution in [3.63, 3.8) is 0 Å². The number of aryl methyl sites for hydroxylation is 1. The van der Waals surface area contributed by atoms with Gasteiger partial charge in [-0.15, -0.1) is 11.3 Å². The van der Waals surface area contributed by atoms with Crippen molar-refractivity contribution in [3.8, 4) is 5.75 Å². The summed E-state index contributed by atoms with van der Waals surface area (Å²) < 4.78 is 5.75. The van der Waals surface area contributed by atoms with Crippen molar-refractivity contribution in [1.82, 2.24) is 15.3 Å². The Bertz CT molecular complexity index is 981. The lowest BCUT2D eigenvalue weighted by Gasteiger charge is -2.29. The zero-order valence-electron chi connectivity index (χ0n) is 17.1. The third-order valence-corrected chi connectivity index (χ3v) is 5.95. The second-order valence-corrected chi connectivity index (χ2v) is 8.45. The van der Waals surface area contributed by atoms with Gasteiger partial charge in [-0.05, 0) is 56.5 Å². The molecule has 0 saturated carbocycles. The van der Waals surface area contributed by atoms with Crippen LogP contribution in [0.1, 0.15) is 45.9 Å². The maximum absolute atomic E-state index is 12.6. The molecule has 6 nitrogen and oxygen atoms in total. The Hall–Kier alpha value is -2.93. The fourth-order valence-electron chi connectivity index (χ4n) is 3.57. The van der Waals surface area contributed by atoms with Gasteiger partial charge in [-0.1, -0.05) is 6.07 Å². The molecule has 3 heterocycles.